The van der Waals surface area contributed by atoms with Crippen molar-refractivity contribution in [2.24, 2.45) is 0 Å². The molecule has 0 bridgehead atoms. The number of benzene rings is 1. The van der Waals surface area contributed by atoms with E-state index in [2.05, 4.69) is 41.5 Å². The van der Waals surface area contributed by atoms with Gasteiger partial charge >= 0.3 is 0 Å². The van der Waals surface area contributed by atoms with Gasteiger partial charge in [0.2, 0.25) is 5.88 Å². The molecule has 0 aliphatic rings. The van der Waals surface area contributed by atoms with Gasteiger partial charge in [0, 0.05) is 26.8 Å². The molecule has 1 heterocycles. The van der Waals surface area contributed by atoms with E-state index in [4.69, 9.17) is 4.74 Å². The predicted molar refractivity (Wildman–Crippen MR) is 83.6 cm³/mol. The average Bonchev–Trinajstić information content (AvgIpc) is 2.44. The number of ether oxygens (including phenoxy) is 1. The van der Waals surface area contributed by atoms with Crippen molar-refractivity contribution in [3.8, 4) is 5.88 Å². The molecule has 0 aliphatic carbocycles. The molecule has 0 radical (unpaired) electrons. The molecule has 0 amide bonds. The van der Waals surface area contributed by atoms with Gasteiger partial charge < -0.3 is 15.0 Å². The highest BCUT2D eigenvalue weighted by Crippen LogP contribution is 2.32. The summed E-state index contributed by atoms with van der Waals surface area (Å²) in [5.41, 5.74) is 4.47. The zero-order valence-electron chi connectivity index (χ0n) is 12.5. The van der Waals surface area contributed by atoms with E-state index in [9.17, 15) is 0 Å². The van der Waals surface area contributed by atoms with E-state index in [1.807, 2.05) is 25.1 Å². The summed E-state index contributed by atoms with van der Waals surface area (Å²) in [5, 5.41) is 3.43. The molecule has 0 atom stereocenters. The highest BCUT2D eigenvalue weighted by Gasteiger charge is 2.11. The van der Waals surface area contributed by atoms with Crippen LogP contribution in [0, 0.1) is 6.92 Å². The van der Waals surface area contributed by atoms with Crippen LogP contribution in [0.4, 0.5) is 11.4 Å². The quantitative estimate of drug-likeness (QED) is 0.907. The number of aryl methyl sites for hydroxylation is 1. The molecular weight excluding hydrogens is 250 g/mol. The lowest BCUT2D eigenvalue weighted by molar-refractivity contribution is 0.400. The molecule has 0 unspecified atom stereocenters. The summed E-state index contributed by atoms with van der Waals surface area (Å²) in [6.07, 6.45) is 1.76. The number of methoxy groups -OCH3 is 1. The van der Waals surface area contributed by atoms with Crippen molar-refractivity contribution in [3.05, 3.63) is 47.7 Å². The van der Waals surface area contributed by atoms with Crippen molar-refractivity contribution in [1.29, 1.82) is 0 Å². The Morgan fingerprint density at radius 1 is 1.25 bits per heavy atom. The number of nitrogens with one attached hydrogen (secondary N) is 1. The molecule has 20 heavy (non-hydrogen) atoms. The van der Waals surface area contributed by atoms with Crippen LogP contribution in [0.2, 0.25) is 0 Å². The zero-order chi connectivity index (χ0) is 14.5. The summed E-state index contributed by atoms with van der Waals surface area (Å²) >= 11 is 0. The second-order valence-electron chi connectivity index (χ2n) is 4.95. The van der Waals surface area contributed by atoms with Gasteiger partial charge in [-0.1, -0.05) is 29.8 Å². The normalized spacial score (nSPS) is 10.2. The maximum Gasteiger partial charge on any atom is 0.239 e. The van der Waals surface area contributed by atoms with Crippen LogP contribution in [-0.2, 0) is 6.54 Å². The summed E-state index contributed by atoms with van der Waals surface area (Å²) in [6, 6.07) is 10.4. The number of aromatic nitrogens is 1. The van der Waals surface area contributed by atoms with E-state index in [1.165, 1.54) is 11.1 Å². The molecule has 1 aromatic heterocycles. The minimum absolute atomic E-state index is 0.615. The fourth-order valence-corrected chi connectivity index (χ4v) is 2.14. The second-order valence-corrected chi connectivity index (χ2v) is 4.95. The first-order chi connectivity index (χ1) is 9.61. The van der Waals surface area contributed by atoms with Crippen LogP contribution in [-0.4, -0.2) is 26.2 Å². The molecule has 1 aromatic carbocycles. The van der Waals surface area contributed by atoms with Gasteiger partial charge in [-0.2, -0.15) is 0 Å². The van der Waals surface area contributed by atoms with E-state index < -0.39 is 0 Å². The largest absolute Gasteiger partial charge is 0.479 e. The van der Waals surface area contributed by atoms with Crippen molar-refractivity contribution < 1.29 is 4.74 Å². The Morgan fingerprint density at radius 2 is 2.05 bits per heavy atom. The van der Waals surface area contributed by atoms with Gasteiger partial charge in [0.05, 0.1) is 12.8 Å². The Kier molecular flexibility index (Phi) is 4.45. The van der Waals surface area contributed by atoms with Crippen molar-refractivity contribution in [1.82, 2.24) is 4.98 Å². The lowest BCUT2D eigenvalue weighted by atomic mass is 10.1. The van der Waals surface area contributed by atoms with Crippen LogP contribution >= 0.6 is 0 Å². The zero-order valence-corrected chi connectivity index (χ0v) is 12.5. The Morgan fingerprint density at radius 3 is 2.70 bits per heavy atom. The molecule has 106 valence electrons. The third-order valence-corrected chi connectivity index (χ3v) is 3.12. The van der Waals surface area contributed by atoms with Gasteiger partial charge in [0.1, 0.15) is 5.69 Å². The Balaban J connectivity index is 2.24. The molecule has 0 aliphatic heterocycles. The fraction of sp³-hybridized carbons (Fsp3) is 0.312. The standard InChI is InChI=1S/C16H21N3O/c1-12-6-5-7-13(10-12)11-18-15-14(19(2)3)8-9-17-16(15)20-4/h5-10,18H,11H2,1-4H3. The lowest BCUT2D eigenvalue weighted by Gasteiger charge is -2.20. The van der Waals surface area contributed by atoms with E-state index in [0.717, 1.165) is 17.9 Å². The van der Waals surface area contributed by atoms with Crippen LogP contribution in [0.5, 0.6) is 5.88 Å². The molecule has 0 spiro atoms. The molecule has 4 nitrogen and oxygen atoms in total. The Hall–Kier alpha value is -2.23. The van der Waals surface area contributed by atoms with Crippen molar-refractivity contribution in [3.63, 3.8) is 0 Å². The summed E-state index contributed by atoms with van der Waals surface area (Å²) in [5.74, 6) is 0.615. The third kappa shape index (κ3) is 3.20. The first-order valence-electron chi connectivity index (χ1n) is 6.61. The monoisotopic (exact) mass is 271 g/mol. The number of nitrogens with zero attached hydrogens (tertiary/aromatic N) is 2. The van der Waals surface area contributed by atoms with Gasteiger partial charge in [0.15, 0.2) is 0 Å². The van der Waals surface area contributed by atoms with Gasteiger partial charge in [-0.15, -0.1) is 0 Å². The predicted octanol–water partition coefficient (Wildman–Crippen LogP) is 3.08. The minimum Gasteiger partial charge on any atom is -0.479 e. The number of rotatable bonds is 5. The van der Waals surface area contributed by atoms with Crippen molar-refractivity contribution in [2.75, 3.05) is 31.4 Å². The van der Waals surface area contributed by atoms with Crippen LogP contribution in [0.1, 0.15) is 11.1 Å². The third-order valence-electron chi connectivity index (χ3n) is 3.12. The topological polar surface area (TPSA) is 37.4 Å². The van der Waals surface area contributed by atoms with Crippen molar-refractivity contribution in [2.45, 2.75) is 13.5 Å². The lowest BCUT2D eigenvalue weighted by Crippen LogP contribution is -2.13. The highest BCUT2D eigenvalue weighted by molar-refractivity contribution is 5.74. The molecule has 2 aromatic rings. The maximum absolute atomic E-state index is 5.35. The maximum atomic E-state index is 5.35. The van der Waals surface area contributed by atoms with Crippen LogP contribution < -0.4 is 15.0 Å². The van der Waals surface area contributed by atoms with Gasteiger partial charge in [-0.3, -0.25) is 0 Å². The van der Waals surface area contributed by atoms with E-state index in [-0.39, 0.29) is 0 Å². The van der Waals surface area contributed by atoms with Gasteiger partial charge in [-0.25, -0.2) is 4.98 Å². The summed E-state index contributed by atoms with van der Waals surface area (Å²) in [4.78, 5) is 6.30. The first kappa shape index (κ1) is 14.2. The van der Waals surface area contributed by atoms with E-state index in [1.54, 1.807) is 13.3 Å². The summed E-state index contributed by atoms with van der Waals surface area (Å²) in [7, 11) is 5.65. The molecule has 4 heteroatoms. The Labute approximate surface area is 120 Å². The van der Waals surface area contributed by atoms with Gasteiger partial charge in [-0.05, 0) is 18.6 Å². The smallest absolute Gasteiger partial charge is 0.239 e. The van der Waals surface area contributed by atoms with Gasteiger partial charge in [0.25, 0.3) is 0 Å². The first-order valence-corrected chi connectivity index (χ1v) is 6.61. The average molecular weight is 271 g/mol. The molecule has 1 N–H and O–H groups in total. The number of pyridine rings is 1. The van der Waals surface area contributed by atoms with Crippen LogP contribution in [0.15, 0.2) is 36.5 Å². The molecule has 2 rings (SSSR count). The second kappa shape index (κ2) is 6.28. The summed E-state index contributed by atoms with van der Waals surface area (Å²) < 4.78 is 5.35. The summed E-state index contributed by atoms with van der Waals surface area (Å²) in [6.45, 7) is 2.84. The fourth-order valence-electron chi connectivity index (χ4n) is 2.14. The van der Waals surface area contributed by atoms with E-state index >= 15 is 0 Å². The Bertz CT molecular complexity index is 582. The highest BCUT2D eigenvalue weighted by atomic mass is 16.5. The van der Waals surface area contributed by atoms with Crippen LogP contribution in [0.25, 0.3) is 0 Å². The number of anilines is 2. The molecular formula is C16H21N3O. The molecule has 0 saturated carbocycles. The SMILES string of the molecule is COc1nccc(N(C)C)c1NCc1cccc(C)c1. The molecule has 0 fully saturated rings. The van der Waals surface area contributed by atoms with Crippen LogP contribution in [0.3, 0.4) is 0 Å². The van der Waals surface area contributed by atoms with E-state index in [0.29, 0.717) is 5.88 Å². The minimum atomic E-state index is 0.615. The number of hydrogen-bond donors (Lipinski definition) is 1. The molecule has 0 saturated heterocycles. The van der Waals surface area contributed by atoms with Crippen molar-refractivity contribution >= 4 is 11.4 Å². The number of hydrogen-bond acceptors (Lipinski definition) is 4.